The van der Waals surface area contributed by atoms with Gasteiger partial charge in [-0.3, -0.25) is 9.78 Å². The molecule has 0 radical (unpaired) electrons. The number of nitrogens with one attached hydrogen (secondary N) is 2. The Morgan fingerprint density at radius 1 is 1.11 bits per heavy atom. The molecule has 0 aliphatic carbocycles. The Labute approximate surface area is 107 Å². The lowest BCUT2D eigenvalue weighted by molar-refractivity contribution is 1.09. The molecule has 0 bridgehead atoms. The average molecular weight is 256 g/mol. The van der Waals surface area contributed by atoms with E-state index in [1.54, 1.807) is 6.20 Å². The van der Waals surface area contributed by atoms with Crippen molar-refractivity contribution in [2.75, 3.05) is 0 Å². The first-order valence-electron chi connectivity index (χ1n) is 5.29. The summed E-state index contributed by atoms with van der Waals surface area (Å²) < 4.78 is 0.245. The summed E-state index contributed by atoms with van der Waals surface area (Å²) in [4.78, 5) is 25.5. The Balaban J connectivity index is 2.30. The van der Waals surface area contributed by atoms with Crippen LogP contribution in [-0.4, -0.2) is 19.9 Å². The van der Waals surface area contributed by atoms with Crippen molar-refractivity contribution in [3.8, 4) is 11.3 Å². The van der Waals surface area contributed by atoms with Crippen molar-refractivity contribution in [3.63, 3.8) is 0 Å². The smallest absolute Gasteiger partial charge is 0.279 e. The third-order valence-corrected chi connectivity index (χ3v) is 2.72. The highest BCUT2D eigenvalue weighted by molar-refractivity contribution is 7.71. The van der Waals surface area contributed by atoms with Crippen molar-refractivity contribution in [3.05, 3.63) is 51.7 Å². The molecule has 2 heterocycles. The Kier molecular flexibility index (Phi) is 2.49. The zero-order valence-electron chi connectivity index (χ0n) is 9.18. The van der Waals surface area contributed by atoms with Gasteiger partial charge in [-0.25, -0.2) is 9.97 Å². The van der Waals surface area contributed by atoms with Crippen LogP contribution >= 0.6 is 12.2 Å². The van der Waals surface area contributed by atoms with E-state index in [2.05, 4.69) is 19.9 Å². The minimum absolute atomic E-state index is 0.245. The lowest BCUT2D eigenvalue weighted by Crippen LogP contribution is -2.10. The Hall–Kier alpha value is -2.34. The van der Waals surface area contributed by atoms with E-state index in [0.717, 1.165) is 5.56 Å². The van der Waals surface area contributed by atoms with Gasteiger partial charge in [-0.05, 0) is 12.2 Å². The van der Waals surface area contributed by atoms with Crippen molar-refractivity contribution in [1.29, 1.82) is 0 Å². The molecule has 0 aliphatic rings. The van der Waals surface area contributed by atoms with Gasteiger partial charge in [0.25, 0.3) is 5.56 Å². The number of nitrogens with zero attached hydrogens (tertiary/aromatic N) is 2. The molecule has 0 unspecified atom stereocenters. The minimum atomic E-state index is -0.334. The van der Waals surface area contributed by atoms with Crippen LogP contribution in [0.3, 0.4) is 0 Å². The van der Waals surface area contributed by atoms with E-state index >= 15 is 0 Å². The fourth-order valence-corrected chi connectivity index (χ4v) is 1.88. The maximum Gasteiger partial charge on any atom is 0.279 e. The van der Waals surface area contributed by atoms with Gasteiger partial charge in [-0.1, -0.05) is 30.3 Å². The van der Waals surface area contributed by atoms with E-state index in [9.17, 15) is 4.79 Å². The van der Waals surface area contributed by atoms with Crippen LogP contribution in [0.15, 0.2) is 41.3 Å². The van der Waals surface area contributed by atoms with Gasteiger partial charge in [-0.2, -0.15) is 0 Å². The summed E-state index contributed by atoms with van der Waals surface area (Å²) in [6, 6.07) is 9.56. The fraction of sp³-hybridized carbons (Fsp3) is 0. The predicted molar refractivity (Wildman–Crippen MR) is 70.8 cm³/mol. The first-order chi connectivity index (χ1) is 8.74. The monoisotopic (exact) mass is 256 g/mol. The first kappa shape index (κ1) is 10.8. The van der Waals surface area contributed by atoms with E-state index < -0.39 is 0 Å². The van der Waals surface area contributed by atoms with Gasteiger partial charge >= 0.3 is 0 Å². The zero-order valence-corrected chi connectivity index (χ0v) is 9.99. The van der Waals surface area contributed by atoms with E-state index in [1.807, 2.05) is 30.3 Å². The van der Waals surface area contributed by atoms with Crippen molar-refractivity contribution in [1.82, 2.24) is 19.9 Å². The van der Waals surface area contributed by atoms with Gasteiger partial charge in [0.2, 0.25) is 0 Å². The van der Waals surface area contributed by atoms with Crippen molar-refractivity contribution in [2.45, 2.75) is 0 Å². The molecule has 0 amide bonds. The minimum Gasteiger partial charge on any atom is -0.315 e. The maximum atomic E-state index is 11.7. The average Bonchev–Trinajstić information content (AvgIpc) is 2.39. The summed E-state index contributed by atoms with van der Waals surface area (Å²) >= 11 is 4.87. The van der Waals surface area contributed by atoms with Crippen LogP contribution in [0.1, 0.15) is 0 Å². The molecule has 88 valence electrons. The first-order valence-corrected chi connectivity index (χ1v) is 5.69. The fourth-order valence-electron chi connectivity index (χ4n) is 1.69. The predicted octanol–water partition coefficient (Wildman–Crippen LogP) is 2.04. The van der Waals surface area contributed by atoms with Crippen LogP contribution in [0.5, 0.6) is 0 Å². The number of hydrogen-bond acceptors (Lipinski definition) is 4. The van der Waals surface area contributed by atoms with Crippen LogP contribution < -0.4 is 5.56 Å². The summed E-state index contributed by atoms with van der Waals surface area (Å²) in [6.07, 6.45) is 1.61. The quantitative estimate of drug-likeness (QED) is 0.653. The van der Waals surface area contributed by atoms with Crippen molar-refractivity contribution < 1.29 is 0 Å². The normalized spacial score (nSPS) is 10.7. The number of hydrogen-bond donors (Lipinski definition) is 2. The molecular formula is C12H8N4OS. The van der Waals surface area contributed by atoms with E-state index in [0.29, 0.717) is 11.3 Å². The molecule has 2 N–H and O–H groups in total. The molecule has 0 saturated carbocycles. The Morgan fingerprint density at radius 3 is 2.67 bits per heavy atom. The summed E-state index contributed by atoms with van der Waals surface area (Å²) in [5, 5.41) is 0. The highest BCUT2D eigenvalue weighted by Crippen LogP contribution is 2.16. The van der Waals surface area contributed by atoms with Crippen LogP contribution in [0.2, 0.25) is 0 Å². The molecule has 0 spiro atoms. The van der Waals surface area contributed by atoms with E-state index in [-0.39, 0.29) is 15.8 Å². The number of aromatic amines is 2. The number of H-pyrrole nitrogens is 2. The molecule has 3 rings (SSSR count). The molecule has 2 aromatic heterocycles. The largest absolute Gasteiger partial charge is 0.315 e. The molecule has 3 aromatic rings. The lowest BCUT2D eigenvalue weighted by atomic mass is 10.2. The number of fused-ring (bicyclic) bond motifs is 1. The van der Waals surface area contributed by atoms with Gasteiger partial charge in [0, 0.05) is 5.56 Å². The second kappa shape index (κ2) is 4.15. The van der Waals surface area contributed by atoms with Crippen LogP contribution in [0.25, 0.3) is 22.4 Å². The van der Waals surface area contributed by atoms with Gasteiger partial charge < -0.3 is 4.98 Å². The second-order valence-corrected chi connectivity index (χ2v) is 4.13. The van der Waals surface area contributed by atoms with E-state index in [4.69, 9.17) is 12.2 Å². The number of aromatic nitrogens is 4. The van der Waals surface area contributed by atoms with Gasteiger partial charge in [-0.15, -0.1) is 0 Å². The van der Waals surface area contributed by atoms with Crippen LogP contribution in [0.4, 0.5) is 0 Å². The second-order valence-electron chi connectivity index (χ2n) is 3.73. The number of rotatable bonds is 1. The highest BCUT2D eigenvalue weighted by Gasteiger charge is 2.05. The number of benzene rings is 1. The lowest BCUT2D eigenvalue weighted by Gasteiger charge is -2.01. The maximum absolute atomic E-state index is 11.7. The standard InChI is InChI=1S/C12H8N4OS/c17-11-9-10(15-12(18)16-11)13-6-8(14-9)7-4-2-1-3-5-7/h1-6H,(H2,13,15,16,17,18). The van der Waals surface area contributed by atoms with Crippen LogP contribution in [0, 0.1) is 4.77 Å². The molecule has 0 saturated heterocycles. The summed E-state index contributed by atoms with van der Waals surface area (Å²) in [5.74, 6) is 0. The summed E-state index contributed by atoms with van der Waals surface area (Å²) in [7, 11) is 0. The molecule has 6 heteroatoms. The SMILES string of the molecule is O=c1[nH]c(=S)[nH]c2ncc(-c3ccccc3)nc12. The molecule has 0 atom stereocenters. The van der Waals surface area contributed by atoms with Crippen molar-refractivity contribution >= 4 is 23.4 Å². The van der Waals surface area contributed by atoms with Gasteiger partial charge in [0.1, 0.15) is 0 Å². The van der Waals surface area contributed by atoms with Gasteiger partial charge in [0.15, 0.2) is 15.9 Å². The zero-order chi connectivity index (χ0) is 12.5. The topological polar surface area (TPSA) is 74.4 Å². The third-order valence-electron chi connectivity index (χ3n) is 2.52. The van der Waals surface area contributed by atoms with E-state index in [1.165, 1.54) is 0 Å². The molecular weight excluding hydrogens is 248 g/mol. The molecule has 1 aromatic carbocycles. The summed E-state index contributed by atoms with van der Waals surface area (Å²) in [6.45, 7) is 0. The Morgan fingerprint density at radius 2 is 1.89 bits per heavy atom. The molecule has 5 nitrogen and oxygen atoms in total. The van der Waals surface area contributed by atoms with Gasteiger partial charge in [0.05, 0.1) is 11.9 Å². The Bertz CT molecular complexity index is 823. The van der Waals surface area contributed by atoms with Crippen molar-refractivity contribution in [2.24, 2.45) is 0 Å². The molecule has 0 fully saturated rings. The molecule has 18 heavy (non-hydrogen) atoms. The third kappa shape index (κ3) is 1.82. The molecule has 0 aliphatic heterocycles. The highest BCUT2D eigenvalue weighted by atomic mass is 32.1. The summed E-state index contributed by atoms with van der Waals surface area (Å²) in [5.41, 5.74) is 1.88. The van der Waals surface area contributed by atoms with Crippen LogP contribution in [-0.2, 0) is 0 Å².